The second-order valence-corrected chi connectivity index (χ2v) is 4.39. The molecule has 1 rings (SSSR count). The second kappa shape index (κ2) is 6.73. The van der Waals surface area contributed by atoms with Gasteiger partial charge in [-0.1, -0.05) is 11.6 Å². The number of hydrogen-bond donors (Lipinski definition) is 2. The molecular formula is C10H12BrClN2O2. The topological polar surface area (TPSA) is 64.3 Å². The first-order valence-corrected chi connectivity index (χ1v) is 5.88. The van der Waals surface area contributed by atoms with Crippen LogP contribution in [0.2, 0.25) is 5.02 Å². The lowest BCUT2D eigenvalue weighted by atomic mass is 10.3. The molecule has 0 saturated heterocycles. The molecule has 0 radical (unpaired) electrons. The predicted octanol–water partition coefficient (Wildman–Crippen LogP) is 2.25. The summed E-state index contributed by atoms with van der Waals surface area (Å²) in [5, 5.41) is 0.640. The molecule has 0 atom stereocenters. The van der Waals surface area contributed by atoms with Crippen molar-refractivity contribution in [3.8, 4) is 5.75 Å². The first kappa shape index (κ1) is 13.3. The van der Waals surface area contributed by atoms with E-state index in [0.29, 0.717) is 30.2 Å². The molecule has 0 saturated carbocycles. The minimum atomic E-state index is -0.196. The summed E-state index contributed by atoms with van der Waals surface area (Å²) < 4.78 is 6.26. The van der Waals surface area contributed by atoms with E-state index in [4.69, 9.17) is 22.2 Å². The Labute approximate surface area is 107 Å². The minimum absolute atomic E-state index is 0.196. The van der Waals surface area contributed by atoms with Crippen LogP contribution in [-0.4, -0.2) is 12.5 Å². The fraction of sp³-hybridized carbons (Fsp3) is 0.300. The first-order chi connectivity index (χ1) is 7.63. The van der Waals surface area contributed by atoms with Crippen molar-refractivity contribution in [1.29, 1.82) is 0 Å². The van der Waals surface area contributed by atoms with Gasteiger partial charge >= 0.3 is 0 Å². The van der Waals surface area contributed by atoms with Gasteiger partial charge < -0.3 is 4.74 Å². The van der Waals surface area contributed by atoms with Crippen molar-refractivity contribution in [2.75, 3.05) is 6.61 Å². The number of hydrazine groups is 1. The molecule has 1 amide bonds. The molecule has 0 spiro atoms. The monoisotopic (exact) mass is 306 g/mol. The van der Waals surface area contributed by atoms with Crippen LogP contribution >= 0.6 is 27.5 Å². The van der Waals surface area contributed by atoms with Gasteiger partial charge in [0.15, 0.2) is 0 Å². The summed E-state index contributed by atoms with van der Waals surface area (Å²) in [5.74, 6) is 5.45. The van der Waals surface area contributed by atoms with Gasteiger partial charge in [-0.2, -0.15) is 0 Å². The maximum Gasteiger partial charge on any atom is 0.234 e. The van der Waals surface area contributed by atoms with Crippen molar-refractivity contribution >= 4 is 33.4 Å². The van der Waals surface area contributed by atoms with E-state index in [9.17, 15) is 4.79 Å². The van der Waals surface area contributed by atoms with Gasteiger partial charge in [-0.25, -0.2) is 5.84 Å². The van der Waals surface area contributed by atoms with Gasteiger partial charge in [-0.05, 0) is 40.5 Å². The quantitative estimate of drug-likeness (QED) is 0.379. The Bertz CT molecular complexity index is 374. The molecule has 3 N–H and O–H groups in total. The Balaban J connectivity index is 2.35. The third kappa shape index (κ3) is 4.38. The molecule has 1 aromatic rings. The minimum Gasteiger partial charge on any atom is -0.492 e. The summed E-state index contributed by atoms with van der Waals surface area (Å²) in [7, 11) is 0. The highest BCUT2D eigenvalue weighted by molar-refractivity contribution is 9.10. The summed E-state index contributed by atoms with van der Waals surface area (Å²) in [6.07, 6.45) is 0.958. The Morgan fingerprint density at radius 3 is 2.94 bits per heavy atom. The molecule has 0 bridgehead atoms. The molecular weight excluding hydrogens is 295 g/mol. The number of nitrogens with two attached hydrogens (primary N) is 1. The van der Waals surface area contributed by atoms with Gasteiger partial charge in [-0.15, -0.1) is 0 Å². The van der Waals surface area contributed by atoms with E-state index in [1.54, 1.807) is 18.2 Å². The fourth-order valence-electron chi connectivity index (χ4n) is 1.08. The van der Waals surface area contributed by atoms with Gasteiger partial charge in [0.05, 0.1) is 11.1 Å². The molecule has 0 aliphatic heterocycles. The van der Waals surface area contributed by atoms with Crippen molar-refractivity contribution in [1.82, 2.24) is 5.43 Å². The summed E-state index contributed by atoms with van der Waals surface area (Å²) in [4.78, 5) is 10.8. The Morgan fingerprint density at radius 2 is 2.31 bits per heavy atom. The lowest BCUT2D eigenvalue weighted by molar-refractivity contribution is -0.121. The Hall–Kier alpha value is -0.780. The highest BCUT2D eigenvalue weighted by Crippen LogP contribution is 2.27. The van der Waals surface area contributed by atoms with Gasteiger partial charge in [0, 0.05) is 11.4 Å². The number of halogens is 2. The molecule has 0 fully saturated rings. The van der Waals surface area contributed by atoms with Crippen molar-refractivity contribution in [2.24, 2.45) is 5.84 Å². The zero-order valence-electron chi connectivity index (χ0n) is 8.50. The normalized spacial score (nSPS) is 9.94. The zero-order valence-corrected chi connectivity index (χ0v) is 10.8. The van der Waals surface area contributed by atoms with Crippen LogP contribution in [0.3, 0.4) is 0 Å². The van der Waals surface area contributed by atoms with Crippen LogP contribution in [-0.2, 0) is 4.79 Å². The summed E-state index contributed by atoms with van der Waals surface area (Å²) in [6.45, 7) is 0.452. The highest BCUT2D eigenvalue weighted by atomic mass is 79.9. The Kier molecular flexibility index (Phi) is 5.59. The number of carbonyl (C=O) groups excluding carboxylic acids is 1. The van der Waals surface area contributed by atoms with Crippen molar-refractivity contribution in [3.63, 3.8) is 0 Å². The summed E-state index contributed by atoms with van der Waals surface area (Å²) in [5.41, 5.74) is 2.06. The molecule has 0 aromatic heterocycles. The lowest BCUT2D eigenvalue weighted by Crippen LogP contribution is -2.29. The molecule has 88 valence electrons. The number of ether oxygens (including phenoxy) is 1. The van der Waals surface area contributed by atoms with Crippen molar-refractivity contribution in [3.05, 3.63) is 27.7 Å². The lowest BCUT2D eigenvalue weighted by Gasteiger charge is -2.07. The zero-order chi connectivity index (χ0) is 12.0. The average molecular weight is 308 g/mol. The van der Waals surface area contributed by atoms with Gasteiger partial charge in [0.1, 0.15) is 5.75 Å². The summed E-state index contributed by atoms with van der Waals surface area (Å²) in [6, 6.07) is 5.27. The maximum atomic E-state index is 10.8. The third-order valence-electron chi connectivity index (χ3n) is 1.86. The molecule has 16 heavy (non-hydrogen) atoms. The third-order valence-corrected chi connectivity index (χ3v) is 2.72. The van der Waals surface area contributed by atoms with Gasteiger partial charge in [-0.3, -0.25) is 10.2 Å². The van der Waals surface area contributed by atoms with Gasteiger partial charge in [0.25, 0.3) is 0 Å². The van der Waals surface area contributed by atoms with Crippen LogP contribution < -0.4 is 16.0 Å². The number of rotatable bonds is 5. The van der Waals surface area contributed by atoms with Crippen LogP contribution in [0.15, 0.2) is 22.7 Å². The maximum absolute atomic E-state index is 10.8. The van der Waals surface area contributed by atoms with E-state index in [-0.39, 0.29) is 5.91 Å². The van der Waals surface area contributed by atoms with Crippen LogP contribution in [0.5, 0.6) is 5.75 Å². The van der Waals surface area contributed by atoms with Crippen LogP contribution in [0, 0.1) is 0 Å². The van der Waals surface area contributed by atoms with E-state index >= 15 is 0 Å². The molecule has 6 heteroatoms. The fourth-order valence-corrected chi connectivity index (χ4v) is 1.88. The van der Waals surface area contributed by atoms with Crippen LogP contribution in [0.4, 0.5) is 0 Å². The van der Waals surface area contributed by atoms with E-state index in [1.807, 2.05) is 0 Å². The van der Waals surface area contributed by atoms with Gasteiger partial charge in [0.2, 0.25) is 5.91 Å². The average Bonchev–Trinajstić information content (AvgIpc) is 2.26. The second-order valence-electron chi connectivity index (χ2n) is 3.09. The number of benzene rings is 1. The highest BCUT2D eigenvalue weighted by Gasteiger charge is 2.02. The van der Waals surface area contributed by atoms with E-state index < -0.39 is 0 Å². The number of carbonyl (C=O) groups is 1. The standard InChI is InChI=1S/C10H12BrClN2O2/c11-8-6-7(12)3-4-9(8)16-5-1-2-10(15)14-13/h3-4,6H,1-2,5,13H2,(H,14,15). The predicted molar refractivity (Wildman–Crippen MR) is 66.2 cm³/mol. The van der Waals surface area contributed by atoms with Crippen LogP contribution in [0.1, 0.15) is 12.8 Å². The first-order valence-electron chi connectivity index (χ1n) is 4.71. The number of hydrogen-bond acceptors (Lipinski definition) is 3. The van der Waals surface area contributed by atoms with Crippen molar-refractivity contribution < 1.29 is 9.53 Å². The molecule has 4 nitrogen and oxygen atoms in total. The van der Waals surface area contributed by atoms with E-state index in [0.717, 1.165) is 4.47 Å². The van der Waals surface area contributed by atoms with E-state index in [1.165, 1.54) is 0 Å². The molecule has 0 heterocycles. The van der Waals surface area contributed by atoms with E-state index in [2.05, 4.69) is 21.4 Å². The number of nitrogens with one attached hydrogen (secondary N) is 1. The molecule has 0 aliphatic rings. The van der Waals surface area contributed by atoms with Crippen LogP contribution in [0.25, 0.3) is 0 Å². The van der Waals surface area contributed by atoms with Crippen molar-refractivity contribution in [2.45, 2.75) is 12.8 Å². The smallest absolute Gasteiger partial charge is 0.234 e. The Morgan fingerprint density at radius 1 is 1.56 bits per heavy atom. The molecule has 0 unspecified atom stereocenters. The largest absolute Gasteiger partial charge is 0.492 e. The SMILES string of the molecule is NNC(=O)CCCOc1ccc(Cl)cc1Br. The summed E-state index contributed by atoms with van der Waals surface area (Å²) >= 11 is 9.12. The number of amides is 1. The molecule has 1 aromatic carbocycles. The molecule has 0 aliphatic carbocycles.